The Bertz CT molecular complexity index is 1410. The van der Waals surface area contributed by atoms with Crippen molar-refractivity contribution in [2.75, 3.05) is 34.6 Å². The third-order valence-electron chi connectivity index (χ3n) is 5.81. The van der Waals surface area contributed by atoms with Crippen LogP contribution >= 0.6 is 0 Å². The third kappa shape index (κ3) is 4.72. The topological polar surface area (TPSA) is 141 Å². The van der Waals surface area contributed by atoms with Gasteiger partial charge in [-0.05, 0) is 48.2 Å². The molecule has 12 heteroatoms. The average molecular weight is 490 g/mol. The predicted octanol–water partition coefficient (Wildman–Crippen LogP) is 1.97. The van der Waals surface area contributed by atoms with Crippen LogP contribution in [0.1, 0.15) is 12.8 Å². The molecule has 2 aromatic heterocycles. The number of hydrogen-bond donors (Lipinski definition) is 3. The van der Waals surface area contributed by atoms with Gasteiger partial charge in [0.25, 0.3) is 0 Å². The molecule has 33 heavy (non-hydrogen) atoms. The van der Waals surface area contributed by atoms with Crippen molar-refractivity contribution < 1.29 is 21.6 Å². The van der Waals surface area contributed by atoms with Crippen LogP contribution in [0.25, 0.3) is 22.2 Å². The van der Waals surface area contributed by atoms with Crippen molar-refractivity contribution in [2.45, 2.75) is 12.8 Å². The smallest absolute Gasteiger partial charge is 0.301 e. The molecule has 1 amide bonds. The molecule has 3 heterocycles. The first-order valence-electron chi connectivity index (χ1n) is 10.6. The van der Waals surface area contributed by atoms with Gasteiger partial charge in [0.1, 0.15) is 11.5 Å². The highest BCUT2D eigenvalue weighted by Crippen LogP contribution is 2.33. The minimum Gasteiger partial charge on any atom is -0.346 e. The van der Waals surface area contributed by atoms with Crippen molar-refractivity contribution >= 4 is 48.5 Å². The van der Waals surface area contributed by atoms with Crippen molar-refractivity contribution in [2.24, 2.45) is 5.92 Å². The summed E-state index contributed by atoms with van der Waals surface area (Å²) in [6.07, 6.45) is 3.57. The molecule has 1 saturated heterocycles. The van der Waals surface area contributed by atoms with Gasteiger partial charge < -0.3 is 10.3 Å². The van der Waals surface area contributed by atoms with Crippen molar-refractivity contribution in [3.8, 4) is 11.1 Å². The van der Waals surface area contributed by atoms with E-state index in [2.05, 4.69) is 20.0 Å². The first-order valence-corrected chi connectivity index (χ1v) is 13.8. The number of hydrogen-bond acceptors (Lipinski definition) is 6. The predicted molar refractivity (Wildman–Crippen MR) is 126 cm³/mol. The lowest BCUT2D eigenvalue weighted by atomic mass is 10.0. The maximum atomic E-state index is 12.6. The molecule has 174 valence electrons. The summed E-state index contributed by atoms with van der Waals surface area (Å²) in [6.45, 7) is -0.124. The zero-order chi connectivity index (χ0) is 23.2. The molecule has 10 nitrogen and oxygen atoms in total. The van der Waals surface area contributed by atoms with Crippen molar-refractivity contribution in [3.63, 3.8) is 0 Å². The van der Waals surface area contributed by atoms with E-state index in [1.54, 1.807) is 30.5 Å². The molecule has 1 aromatic carbocycles. The maximum absolute atomic E-state index is 12.6. The van der Waals surface area contributed by atoms with E-state index in [4.69, 9.17) is 0 Å². The Morgan fingerprint density at radius 2 is 1.79 bits per heavy atom. The summed E-state index contributed by atoms with van der Waals surface area (Å²) in [4.78, 5) is 19.7. The van der Waals surface area contributed by atoms with Crippen LogP contribution in [-0.2, 0) is 24.8 Å². The second kappa shape index (κ2) is 8.12. The molecule has 0 atom stereocenters. The molecule has 0 unspecified atom stereocenters. The van der Waals surface area contributed by atoms with Crippen molar-refractivity contribution in [3.05, 3.63) is 42.6 Å². The van der Waals surface area contributed by atoms with E-state index < -0.39 is 20.0 Å². The van der Waals surface area contributed by atoms with E-state index >= 15 is 0 Å². The minimum atomic E-state index is -3.86. The highest BCUT2D eigenvalue weighted by atomic mass is 32.2. The van der Waals surface area contributed by atoms with E-state index in [1.807, 2.05) is 12.1 Å². The Morgan fingerprint density at radius 3 is 2.45 bits per heavy atom. The van der Waals surface area contributed by atoms with Crippen LogP contribution in [0, 0.1) is 5.92 Å². The second-order valence-corrected chi connectivity index (χ2v) is 12.3. The fraction of sp³-hybridized carbons (Fsp3) is 0.333. The molecule has 1 aliphatic carbocycles. The Morgan fingerprint density at radius 1 is 1.09 bits per heavy atom. The summed E-state index contributed by atoms with van der Waals surface area (Å²) in [5, 5.41) is 3.75. The number of carbonyl (C=O) groups excluding carboxylic acids is 1. The summed E-state index contributed by atoms with van der Waals surface area (Å²) in [5.74, 6) is 0.126. The number of nitrogens with zero attached hydrogens (tertiary/aromatic N) is 2. The maximum Gasteiger partial charge on any atom is 0.301 e. The highest BCUT2D eigenvalue weighted by molar-refractivity contribution is 7.92. The molecule has 3 aromatic rings. The number of fused-ring (bicyclic) bond motifs is 1. The zero-order valence-electron chi connectivity index (χ0n) is 17.6. The molecule has 1 saturated carbocycles. The van der Waals surface area contributed by atoms with Gasteiger partial charge in [-0.1, -0.05) is 12.1 Å². The Balaban J connectivity index is 1.37. The molecule has 0 bridgehead atoms. The number of H-pyrrole nitrogens is 1. The van der Waals surface area contributed by atoms with Crippen LogP contribution in [0.3, 0.4) is 0 Å². The van der Waals surface area contributed by atoms with E-state index in [-0.39, 0.29) is 36.4 Å². The van der Waals surface area contributed by atoms with Crippen molar-refractivity contribution in [1.82, 2.24) is 14.3 Å². The number of rotatable bonds is 6. The normalized spacial score (nSPS) is 18.8. The number of nitrogens with one attached hydrogen (secondary N) is 3. The number of amides is 1. The monoisotopic (exact) mass is 489 g/mol. The number of aromatic amines is 1. The molecule has 1 aliphatic heterocycles. The van der Waals surface area contributed by atoms with Gasteiger partial charge in [-0.3, -0.25) is 9.52 Å². The zero-order valence-corrected chi connectivity index (χ0v) is 19.2. The number of sulfone groups is 1. The number of aromatic nitrogens is 2. The first-order chi connectivity index (χ1) is 15.7. The van der Waals surface area contributed by atoms with E-state index in [0.29, 0.717) is 17.2 Å². The fourth-order valence-electron chi connectivity index (χ4n) is 3.78. The summed E-state index contributed by atoms with van der Waals surface area (Å²) >= 11 is 0. The van der Waals surface area contributed by atoms with Gasteiger partial charge >= 0.3 is 10.2 Å². The van der Waals surface area contributed by atoms with Gasteiger partial charge in [-0.2, -0.15) is 12.7 Å². The van der Waals surface area contributed by atoms with E-state index in [1.165, 1.54) is 0 Å². The minimum absolute atomic E-state index is 0.0328. The summed E-state index contributed by atoms with van der Waals surface area (Å²) in [7, 11) is -7.03. The highest BCUT2D eigenvalue weighted by Gasteiger charge is 2.31. The molecule has 0 radical (unpaired) electrons. The summed E-state index contributed by atoms with van der Waals surface area (Å²) in [5.41, 5.74) is 2.69. The third-order valence-corrected chi connectivity index (χ3v) is 8.96. The SMILES string of the molecule is O=C(Nc1cc(-c2ccc(NS(=O)(=O)N3CCS(=O)(=O)CC3)cc2)c2cc[nH]c2n1)C1CC1. The number of anilines is 2. The van der Waals surface area contributed by atoms with Crippen LogP contribution in [0.2, 0.25) is 0 Å². The average Bonchev–Trinajstić information content (AvgIpc) is 3.51. The van der Waals surface area contributed by atoms with Gasteiger partial charge in [0.15, 0.2) is 9.84 Å². The van der Waals surface area contributed by atoms with Crippen LogP contribution in [0.15, 0.2) is 42.6 Å². The molecular formula is C21H23N5O5S2. The van der Waals surface area contributed by atoms with Gasteiger partial charge in [0.05, 0.1) is 11.5 Å². The standard InChI is InChI=1S/C21H23N5O5S2/c27-21(15-1-2-15)24-19-13-18(17-7-8-22-20(17)23-19)14-3-5-16(6-4-14)25-33(30,31)26-9-11-32(28,29)12-10-26/h3-8,13,15,25H,1-2,9-12H2,(H2,22,23,24,27). The van der Waals surface area contributed by atoms with Crippen molar-refractivity contribution in [1.29, 1.82) is 0 Å². The Hall–Kier alpha value is -2.96. The van der Waals surface area contributed by atoms with Gasteiger partial charge in [-0.15, -0.1) is 0 Å². The van der Waals surface area contributed by atoms with Gasteiger partial charge in [0, 0.05) is 36.3 Å². The molecule has 2 aliphatic rings. The summed E-state index contributed by atoms with van der Waals surface area (Å²) in [6, 6.07) is 10.6. The van der Waals surface area contributed by atoms with Crippen LogP contribution < -0.4 is 10.0 Å². The molecule has 3 N–H and O–H groups in total. The second-order valence-electron chi connectivity index (χ2n) is 8.29. The number of pyridine rings is 1. The number of carbonyl (C=O) groups is 1. The molecule has 0 spiro atoms. The Labute approximate surface area is 191 Å². The van der Waals surface area contributed by atoms with Crippen LogP contribution in [0.5, 0.6) is 0 Å². The quantitative estimate of drug-likeness (QED) is 0.483. The lowest BCUT2D eigenvalue weighted by Crippen LogP contribution is -2.45. The van der Waals surface area contributed by atoms with E-state index in [9.17, 15) is 21.6 Å². The van der Waals surface area contributed by atoms with Crippen LogP contribution in [0.4, 0.5) is 11.5 Å². The molecule has 2 fully saturated rings. The van der Waals surface area contributed by atoms with E-state index in [0.717, 1.165) is 33.7 Å². The summed E-state index contributed by atoms with van der Waals surface area (Å²) < 4.78 is 52.1. The first kappa shape index (κ1) is 21.9. The Kier molecular flexibility index (Phi) is 5.38. The largest absolute Gasteiger partial charge is 0.346 e. The lowest BCUT2D eigenvalue weighted by Gasteiger charge is -2.26. The lowest BCUT2D eigenvalue weighted by molar-refractivity contribution is -0.117. The van der Waals surface area contributed by atoms with Gasteiger partial charge in [-0.25, -0.2) is 13.4 Å². The van der Waals surface area contributed by atoms with Gasteiger partial charge in [0.2, 0.25) is 5.91 Å². The number of benzene rings is 1. The molecular weight excluding hydrogens is 466 g/mol. The molecule has 5 rings (SSSR count). The van der Waals surface area contributed by atoms with Crippen LogP contribution in [-0.4, -0.2) is 61.6 Å². The fourth-order valence-corrected chi connectivity index (χ4v) is 6.44.